The van der Waals surface area contributed by atoms with Gasteiger partial charge in [-0.3, -0.25) is 4.90 Å². The number of anilines is 1. The number of hydrogen-bond donors (Lipinski definition) is 3. The van der Waals surface area contributed by atoms with Crippen LogP contribution in [0.4, 0.5) is 6.01 Å². The molecule has 2 fully saturated rings. The Labute approximate surface area is 173 Å². The molecule has 2 unspecified atom stereocenters. The van der Waals surface area contributed by atoms with E-state index >= 15 is 0 Å². The summed E-state index contributed by atoms with van der Waals surface area (Å²) < 4.78 is 5.86. The zero-order valence-electron chi connectivity index (χ0n) is 16.7. The third kappa shape index (κ3) is 3.26. The molecule has 0 bridgehead atoms. The molecule has 5 rings (SSSR count). The number of nitrogens with zero attached hydrogens (tertiary/aromatic N) is 4. The van der Waals surface area contributed by atoms with Gasteiger partial charge in [0.1, 0.15) is 5.75 Å². The number of piperidine rings is 1. The van der Waals surface area contributed by atoms with Crippen molar-refractivity contribution in [1.29, 1.82) is 5.26 Å². The van der Waals surface area contributed by atoms with Crippen LogP contribution in [-0.4, -0.2) is 56.4 Å². The van der Waals surface area contributed by atoms with Gasteiger partial charge in [-0.05, 0) is 62.6 Å². The zero-order chi connectivity index (χ0) is 20.8. The maximum Gasteiger partial charge on any atom is 0.297 e. The molecule has 0 spiro atoms. The molecule has 3 aromatic rings. The van der Waals surface area contributed by atoms with Crippen LogP contribution in [0.15, 0.2) is 28.7 Å². The Morgan fingerprint density at radius 2 is 2.17 bits per heavy atom. The number of phenolic OH excluding ortho intramolecular Hbond substituents is 1. The quantitative estimate of drug-likeness (QED) is 0.609. The number of rotatable bonds is 3. The maximum absolute atomic E-state index is 10.4. The van der Waals surface area contributed by atoms with E-state index in [0.717, 1.165) is 37.9 Å². The third-order valence-corrected chi connectivity index (χ3v) is 6.11. The molecule has 1 aromatic carbocycles. The number of fused-ring (bicyclic) bond motifs is 2. The molecule has 8 heteroatoms. The van der Waals surface area contributed by atoms with Crippen LogP contribution in [0.25, 0.3) is 22.5 Å². The van der Waals surface area contributed by atoms with Crippen molar-refractivity contribution in [2.45, 2.75) is 44.4 Å². The number of aliphatic hydroxyl groups excluding tert-OH is 1. The number of aromatic nitrogens is 2. The maximum atomic E-state index is 10.4. The third-order valence-electron chi connectivity index (χ3n) is 6.11. The second-order valence-corrected chi connectivity index (χ2v) is 8.18. The Kier molecular flexibility index (Phi) is 4.57. The van der Waals surface area contributed by atoms with Gasteiger partial charge in [0, 0.05) is 24.2 Å². The lowest BCUT2D eigenvalue weighted by Gasteiger charge is -2.36. The lowest BCUT2D eigenvalue weighted by Crippen LogP contribution is -2.47. The van der Waals surface area contributed by atoms with E-state index in [9.17, 15) is 10.2 Å². The molecule has 8 nitrogen and oxygen atoms in total. The van der Waals surface area contributed by atoms with Crippen molar-refractivity contribution in [2.24, 2.45) is 0 Å². The van der Waals surface area contributed by atoms with Gasteiger partial charge in [-0.25, -0.2) is 4.98 Å². The van der Waals surface area contributed by atoms with E-state index in [0.29, 0.717) is 34.1 Å². The molecule has 2 aromatic heterocycles. The smallest absolute Gasteiger partial charge is 0.297 e. The number of nitrogens with one attached hydrogen (secondary N) is 1. The molecule has 2 aliphatic rings. The van der Waals surface area contributed by atoms with Crippen molar-refractivity contribution in [1.82, 2.24) is 14.9 Å². The highest BCUT2D eigenvalue weighted by Gasteiger charge is 2.39. The molecule has 2 aliphatic heterocycles. The van der Waals surface area contributed by atoms with E-state index < -0.39 is 0 Å². The standard InChI is InChI=1S/C22H23N5O3/c1-12-7-13(10-23)8-18(29)20(12)16-4-5-19-21(24-16)26-22(30-19)25-15-3-2-6-27-11-14(28)9-17(15)27/h4-5,7-8,14-15,17,28-29H,2-3,6,9,11H2,1H3,(H,24,25,26)/t14-,15?,17?/m0/s1. The Balaban J connectivity index is 1.43. The minimum Gasteiger partial charge on any atom is -0.507 e. The highest BCUT2D eigenvalue weighted by molar-refractivity contribution is 5.78. The summed E-state index contributed by atoms with van der Waals surface area (Å²) in [6, 6.07) is 9.65. The van der Waals surface area contributed by atoms with Gasteiger partial charge in [0.25, 0.3) is 6.01 Å². The fourth-order valence-corrected chi connectivity index (χ4v) is 4.80. The van der Waals surface area contributed by atoms with Gasteiger partial charge in [0.2, 0.25) is 5.65 Å². The fourth-order valence-electron chi connectivity index (χ4n) is 4.80. The minimum absolute atomic E-state index is 0.0160. The second kappa shape index (κ2) is 7.27. The van der Waals surface area contributed by atoms with Gasteiger partial charge in [0.05, 0.1) is 23.4 Å². The van der Waals surface area contributed by atoms with Crippen molar-refractivity contribution in [2.75, 3.05) is 18.4 Å². The molecule has 3 N–H and O–H groups in total. The first-order chi connectivity index (χ1) is 14.5. The van der Waals surface area contributed by atoms with Crippen molar-refractivity contribution in [3.8, 4) is 23.1 Å². The molecular formula is C22H23N5O3. The van der Waals surface area contributed by atoms with Crippen LogP contribution >= 0.6 is 0 Å². The van der Waals surface area contributed by atoms with Gasteiger partial charge >= 0.3 is 0 Å². The molecule has 0 radical (unpaired) electrons. The van der Waals surface area contributed by atoms with Crippen molar-refractivity contribution in [3.05, 3.63) is 35.4 Å². The van der Waals surface area contributed by atoms with Crippen LogP contribution in [0.2, 0.25) is 0 Å². The summed E-state index contributed by atoms with van der Waals surface area (Å²) in [5.41, 5.74) is 3.34. The van der Waals surface area contributed by atoms with Crippen molar-refractivity contribution in [3.63, 3.8) is 0 Å². The van der Waals surface area contributed by atoms with Crippen LogP contribution in [0.5, 0.6) is 5.75 Å². The fraction of sp³-hybridized carbons (Fsp3) is 0.409. The largest absolute Gasteiger partial charge is 0.507 e. The number of oxazole rings is 1. The predicted octanol–water partition coefficient (Wildman–Crippen LogP) is 2.79. The predicted molar refractivity (Wildman–Crippen MR) is 111 cm³/mol. The summed E-state index contributed by atoms with van der Waals surface area (Å²) in [4.78, 5) is 11.4. The second-order valence-electron chi connectivity index (χ2n) is 8.18. The SMILES string of the molecule is Cc1cc(C#N)cc(O)c1-c1ccc2oc(NC3CCCN4C[C@@H](O)CC34)nc2n1. The lowest BCUT2D eigenvalue weighted by atomic mass is 9.96. The Bertz CT molecular complexity index is 1130. The normalized spacial score (nSPS) is 24.0. The summed E-state index contributed by atoms with van der Waals surface area (Å²) in [5.74, 6) is 0.0160. The van der Waals surface area contributed by atoms with Crippen LogP contribution in [0, 0.1) is 18.3 Å². The average molecular weight is 405 g/mol. The Morgan fingerprint density at radius 1 is 1.30 bits per heavy atom. The van der Waals surface area contributed by atoms with E-state index in [1.165, 1.54) is 6.07 Å². The average Bonchev–Trinajstić information content (AvgIpc) is 3.29. The molecule has 154 valence electrons. The van der Waals surface area contributed by atoms with Gasteiger partial charge in [-0.1, -0.05) is 0 Å². The van der Waals surface area contributed by atoms with E-state index in [-0.39, 0.29) is 23.9 Å². The van der Waals surface area contributed by atoms with E-state index in [4.69, 9.17) is 9.68 Å². The van der Waals surface area contributed by atoms with Crippen LogP contribution < -0.4 is 5.32 Å². The van der Waals surface area contributed by atoms with Gasteiger partial charge < -0.3 is 19.9 Å². The topological polar surface area (TPSA) is 118 Å². The number of nitriles is 1. The zero-order valence-corrected chi connectivity index (χ0v) is 16.7. The van der Waals surface area contributed by atoms with E-state index in [1.807, 2.05) is 13.0 Å². The van der Waals surface area contributed by atoms with E-state index in [1.54, 1.807) is 18.2 Å². The van der Waals surface area contributed by atoms with Crippen molar-refractivity contribution < 1.29 is 14.6 Å². The first-order valence-corrected chi connectivity index (χ1v) is 10.2. The Hall–Kier alpha value is -3.15. The van der Waals surface area contributed by atoms with Crippen LogP contribution in [0.1, 0.15) is 30.4 Å². The van der Waals surface area contributed by atoms with Gasteiger partial charge in [0.15, 0.2) is 5.58 Å². The minimum atomic E-state index is -0.270. The number of benzene rings is 1. The number of pyridine rings is 1. The first-order valence-electron chi connectivity index (χ1n) is 10.2. The van der Waals surface area contributed by atoms with E-state index in [2.05, 4.69) is 20.2 Å². The summed E-state index contributed by atoms with van der Waals surface area (Å²) in [6.07, 6.45) is 2.57. The number of aryl methyl sites for hydroxylation is 1. The van der Waals surface area contributed by atoms with Crippen molar-refractivity contribution >= 4 is 17.2 Å². The van der Waals surface area contributed by atoms with Crippen LogP contribution in [0.3, 0.4) is 0 Å². The molecule has 3 atom stereocenters. The van der Waals surface area contributed by atoms with Crippen LogP contribution in [-0.2, 0) is 0 Å². The Morgan fingerprint density at radius 3 is 2.97 bits per heavy atom. The number of hydrogen-bond acceptors (Lipinski definition) is 8. The number of phenols is 1. The lowest BCUT2D eigenvalue weighted by molar-refractivity contribution is 0.161. The molecule has 2 saturated heterocycles. The first kappa shape index (κ1) is 18.9. The molecule has 0 amide bonds. The molecule has 0 aliphatic carbocycles. The summed E-state index contributed by atoms with van der Waals surface area (Å²) in [7, 11) is 0. The molecule has 4 heterocycles. The molecule has 30 heavy (non-hydrogen) atoms. The summed E-state index contributed by atoms with van der Waals surface area (Å²) in [6.45, 7) is 3.59. The highest BCUT2D eigenvalue weighted by atomic mass is 16.4. The summed E-state index contributed by atoms with van der Waals surface area (Å²) in [5, 5.41) is 32.9. The number of aromatic hydroxyl groups is 1. The van der Waals surface area contributed by atoms with Gasteiger partial charge in [-0.15, -0.1) is 0 Å². The summed E-state index contributed by atoms with van der Waals surface area (Å²) >= 11 is 0. The van der Waals surface area contributed by atoms with Gasteiger partial charge in [-0.2, -0.15) is 10.2 Å². The highest BCUT2D eigenvalue weighted by Crippen LogP contribution is 2.34. The molecule has 0 saturated carbocycles. The monoisotopic (exact) mass is 405 g/mol. The molecular weight excluding hydrogens is 382 g/mol. The number of aliphatic hydroxyl groups is 1.